The summed E-state index contributed by atoms with van der Waals surface area (Å²) >= 11 is 7.76. The van der Waals surface area contributed by atoms with Gasteiger partial charge in [0.25, 0.3) is 0 Å². The second-order valence-electron chi connectivity index (χ2n) is 3.97. The molecule has 0 N–H and O–H groups in total. The summed E-state index contributed by atoms with van der Waals surface area (Å²) in [6.07, 6.45) is 0. The number of ether oxygens (including phenoxy) is 1. The van der Waals surface area contributed by atoms with Crippen molar-refractivity contribution in [3.63, 3.8) is 0 Å². The molecule has 3 rings (SSSR count). The molecule has 0 radical (unpaired) electrons. The predicted octanol–water partition coefficient (Wildman–Crippen LogP) is 3.72. The molecule has 0 saturated heterocycles. The van der Waals surface area contributed by atoms with Crippen LogP contribution in [0.3, 0.4) is 0 Å². The summed E-state index contributed by atoms with van der Waals surface area (Å²) in [7, 11) is 1.62. The molecule has 2 aromatic heterocycles. The standard InChI is InChI=1S/C13H10ClN3OS/c1-7-15-11(6-19-7)13-16-10-5-8(18-2)3-4-9(10)12(14)17-13/h3-6H,1-2H3. The van der Waals surface area contributed by atoms with Gasteiger partial charge in [0.05, 0.1) is 17.6 Å². The molecule has 0 atom stereocenters. The average molecular weight is 292 g/mol. The van der Waals surface area contributed by atoms with Gasteiger partial charge < -0.3 is 4.74 Å². The Morgan fingerprint density at radius 3 is 2.74 bits per heavy atom. The van der Waals surface area contributed by atoms with Gasteiger partial charge in [0, 0.05) is 16.8 Å². The highest BCUT2D eigenvalue weighted by atomic mass is 35.5. The Hall–Kier alpha value is -1.72. The SMILES string of the molecule is COc1ccc2c(Cl)nc(-c3csc(C)n3)nc2c1. The lowest BCUT2D eigenvalue weighted by Gasteiger charge is -2.04. The van der Waals surface area contributed by atoms with E-state index in [9.17, 15) is 0 Å². The number of thiazole rings is 1. The summed E-state index contributed by atoms with van der Waals surface area (Å²) in [5.74, 6) is 1.28. The second-order valence-corrected chi connectivity index (χ2v) is 5.39. The van der Waals surface area contributed by atoms with E-state index in [4.69, 9.17) is 16.3 Å². The number of methoxy groups -OCH3 is 1. The Morgan fingerprint density at radius 2 is 2.05 bits per heavy atom. The van der Waals surface area contributed by atoms with E-state index in [0.717, 1.165) is 27.4 Å². The first kappa shape index (κ1) is 12.3. The van der Waals surface area contributed by atoms with E-state index in [-0.39, 0.29) is 0 Å². The van der Waals surface area contributed by atoms with E-state index >= 15 is 0 Å². The molecule has 19 heavy (non-hydrogen) atoms. The molecule has 2 heterocycles. The maximum absolute atomic E-state index is 6.20. The third-order valence-corrected chi connectivity index (χ3v) is 3.77. The molecule has 6 heteroatoms. The molecule has 0 aliphatic rings. The van der Waals surface area contributed by atoms with Gasteiger partial charge in [-0.15, -0.1) is 11.3 Å². The van der Waals surface area contributed by atoms with Crippen LogP contribution < -0.4 is 4.74 Å². The van der Waals surface area contributed by atoms with Gasteiger partial charge >= 0.3 is 0 Å². The number of nitrogens with zero attached hydrogens (tertiary/aromatic N) is 3. The highest BCUT2D eigenvalue weighted by molar-refractivity contribution is 7.09. The number of fused-ring (bicyclic) bond motifs is 1. The van der Waals surface area contributed by atoms with Gasteiger partial charge in [-0.05, 0) is 19.1 Å². The third kappa shape index (κ3) is 2.27. The van der Waals surface area contributed by atoms with Crippen molar-refractivity contribution in [3.05, 3.63) is 33.7 Å². The largest absolute Gasteiger partial charge is 0.497 e. The summed E-state index contributed by atoms with van der Waals surface area (Å²) in [4.78, 5) is 13.2. The Morgan fingerprint density at radius 1 is 1.21 bits per heavy atom. The fourth-order valence-corrected chi connectivity index (χ4v) is 2.61. The molecular weight excluding hydrogens is 282 g/mol. The Labute approximate surface area is 119 Å². The van der Waals surface area contributed by atoms with Crippen molar-refractivity contribution in [2.24, 2.45) is 0 Å². The Bertz CT molecular complexity index is 757. The van der Waals surface area contributed by atoms with Gasteiger partial charge in [-0.1, -0.05) is 11.6 Å². The average Bonchev–Trinajstić information content (AvgIpc) is 2.84. The summed E-state index contributed by atoms with van der Waals surface area (Å²) in [6.45, 7) is 1.94. The molecule has 0 bridgehead atoms. The summed E-state index contributed by atoms with van der Waals surface area (Å²) in [6, 6.07) is 5.53. The lowest BCUT2D eigenvalue weighted by atomic mass is 10.2. The molecule has 1 aromatic carbocycles. The van der Waals surface area contributed by atoms with E-state index in [2.05, 4.69) is 15.0 Å². The van der Waals surface area contributed by atoms with Gasteiger partial charge in [-0.25, -0.2) is 15.0 Å². The van der Waals surface area contributed by atoms with Crippen LogP contribution in [0.2, 0.25) is 5.15 Å². The number of rotatable bonds is 2. The molecule has 4 nitrogen and oxygen atoms in total. The van der Waals surface area contributed by atoms with E-state index in [0.29, 0.717) is 11.0 Å². The van der Waals surface area contributed by atoms with Gasteiger partial charge in [-0.2, -0.15) is 0 Å². The minimum atomic E-state index is 0.424. The van der Waals surface area contributed by atoms with Gasteiger partial charge in [0.1, 0.15) is 16.6 Å². The van der Waals surface area contributed by atoms with Crippen LogP contribution >= 0.6 is 22.9 Å². The van der Waals surface area contributed by atoms with Crippen LogP contribution in [0.25, 0.3) is 22.4 Å². The summed E-state index contributed by atoms with van der Waals surface area (Å²) < 4.78 is 5.19. The van der Waals surface area contributed by atoms with Crippen molar-refractivity contribution in [1.82, 2.24) is 15.0 Å². The van der Waals surface area contributed by atoms with Crippen LogP contribution in [0.15, 0.2) is 23.6 Å². The van der Waals surface area contributed by atoms with Crippen molar-refractivity contribution in [3.8, 4) is 17.3 Å². The fourth-order valence-electron chi connectivity index (χ4n) is 1.78. The van der Waals surface area contributed by atoms with Crippen molar-refractivity contribution in [2.45, 2.75) is 6.92 Å². The Balaban J connectivity index is 2.22. The number of hydrogen-bond acceptors (Lipinski definition) is 5. The minimum Gasteiger partial charge on any atom is -0.497 e. The fraction of sp³-hybridized carbons (Fsp3) is 0.154. The van der Waals surface area contributed by atoms with Crippen LogP contribution in [0.4, 0.5) is 0 Å². The lowest BCUT2D eigenvalue weighted by Crippen LogP contribution is -1.93. The van der Waals surface area contributed by atoms with E-state index in [1.165, 1.54) is 0 Å². The van der Waals surface area contributed by atoms with Crippen LogP contribution in [0.1, 0.15) is 5.01 Å². The maximum Gasteiger partial charge on any atom is 0.181 e. The van der Waals surface area contributed by atoms with Crippen LogP contribution in [-0.4, -0.2) is 22.1 Å². The minimum absolute atomic E-state index is 0.424. The molecule has 0 fully saturated rings. The number of hydrogen-bond donors (Lipinski definition) is 0. The van der Waals surface area contributed by atoms with E-state index in [1.54, 1.807) is 18.4 Å². The zero-order valence-corrected chi connectivity index (χ0v) is 11.9. The predicted molar refractivity (Wildman–Crippen MR) is 76.9 cm³/mol. The second kappa shape index (κ2) is 4.75. The molecule has 0 saturated carbocycles. The normalized spacial score (nSPS) is 10.9. The first-order valence-electron chi connectivity index (χ1n) is 5.61. The van der Waals surface area contributed by atoms with Gasteiger partial charge in [0.2, 0.25) is 0 Å². The molecule has 0 aliphatic carbocycles. The highest BCUT2D eigenvalue weighted by Crippen LogP contribution is 2.27. The first-order chi connectivity index (χ1) is 9.17. The quantitative estimate of drug-likeness (QED) is 0.675. The topological polar surface area (TPSA) is 47.9 Å². The molecular formula is C13H10ClN3OS. The van der Waals surface area contributed by atoms with E-state index in [1.807, 2.05) is 30.5 Å². The number of aryl methyl sites for hydroxylation is 1. The number of halogens is 1. The smallest absolute Gasteiger partial charge is 0.181 e. The molecule has 0 spiro atoms. The zero-order valence-electron chi connectivity index (χ0n) is 10.3. The Kier molecular flexibility index (Phi) is 3.08. The van der Waals surface area contributed by atoms with Gasteiger partial charge in [-0.3, -0.25) is 0 Å². The maximum atomic E-state index is 6.20. The van der Waals surface area contributed by atoms with Crippen molar-refractivity contribution in [2.75, 3.05) is 7.11 Å². The van der Waals surface area contributed by atoms with E-state index < -0.39 is 0 Å². The number of aromatic nitrogens is 3. The van der Waals surface area contributed by atoms with Crippen molar-refractivity contribution in [1.29, 1.82) is 0 Å². The summed E-state index contributed by atoms with van der Waals surface area (Å²) in [5.41, 5.74) is 1.49. The zero-order chi connectivity index (χ0) is 13.4. The van der Waals surface area contributed by atoms with Gasteiger partial charge in [0.15, 0.2) is 5.82 Å². The van der Waals surface area contributed by atoms with Crippen LogP contribution in [0, 0.1) is 6.92 Å². The summed E-state index contributed by atoms with van der Waals surface area (Å²) in [5, 5.41) is 4.12. The van der Waals surface area contributed by atoms with Crippen LogP contribution in [0.5, 0.6) is 5.75 Å². The monoisotopic (exact) mass is 291 g/mol. The van der Waals surface area contributed by atoms with Crippen molar-refractivity contribution >= 4 is 33.8 Å². The molecule has 0 amide bonds. The molecule has 0 aliphatic heterocycles. The first-order valence-corrected chi connectivity index (χ1v) is 6.87. The highest BCUT2D eigenvalue weighted by Gasteiger charge is 2.11. The molecule has 0 unspecified atom stereocenters. The molecule has 3 aromatic rings. The molecule has 96 valence electrons. The van der Waals surface area contributed by atoms with Crippen molar-refractivity contribution < 1.29 is 4.74 Å². The number of benzene rings is 1. The lowest BCUT2D eigenvalue weighted by molar-refractivity contribution is 0.415. The van der Waals surface area contributed by atoms with Crippen LogP contribution in [-0.2, 0) is 0 Å². The third-order valence-electron chi connectivity index (χ3n) is 2.71.